The van der Waals surface area contributed by atoms with Crippen LogP contribution in [0.4, 0.5) is 11.4 Å². The lowest BCUT2D eigenvalue weighted by Gasteiger charge is -2.15. The number of aliphatic imine (C=N–C) groups is 1. The Morgan fingerprint density at radius 2 is 2.12 bits per heavy atom. The summed E-state index contributed by atoms with van der Waals surface area (Å²) in [7, 11) is 0. The van der Waals surface area contributed by atoms with Crippen molar-refractivity contribution >= 4 is 51.5 Å². The first-order valence-electron chi connectivity index (χ1n) is 7.84. The molecule has 1 aliphatic heterocycles. The molecule has 0 unspecified atom stereocenters. The van der Waals surface area contributed by atoms with Crippen LogP contribution < -0.4 is 10.7 Å². The van der Waals surface area contributed by atoms with Crippen molar-refractivity contribution in [3.05, 3.63) is 59.1 Å². The van der Waals surface area contributed by atoms with Crippen LogP contribution in [0.15, 0.2) is 58.6 Å². The molecular formula is C18H17ClN4OS. The van der Waals surface area contributed by atoms with Crippen molar-refractivity contribution in [2.75, 3.05) is 11.1 Å². The van der Waals surface area contributed by atoms with E-state index >= 15 is 0 Å². The number of hydrogen-bond donors (Lipinski definition) is 2. The molecule has 5 nitrogen and oxygen atoms in total. The van der Waals surface area contributed by atoms with Gasteiger partial charge < -0.3 is 5.32 Å². The molecule has 1 amide bonds. The monoisotopic (exact) mass is 372 g/mol. The topological polar surface area (TPSA) is 65.8 Å². The quantitative estimate of drug-likeness (QED) is 0.835. The smallest absolute Gasteiger partial charge is 0.224 e. The predicted octanol–water partition coefficient (Wildman–Crippen LogP) is 4.42. The number of rotatable bonds is 4. The van der Waals surface area contributed by atoms with E-state index in [1.54, 1.807) is 17.8 Å². The Balaban J connectivity index is 1.67. The van der Waals surface area contributed by atoms with Gasteiger partial charge in [-0.15, -0.1) is 0 Å². The maximum Gasteiger partial charge on any atom is 0.224 e. The maximum atomic E-state index is 11.4. The molecule has 25 heavy (non-hydrogen) atoms. The van der Waals surface area contributed by atoms with E-state index in [1.165, 1.54) is 0 Å². The van der Waals surface area contributed by atoms with Crippen LogP contribution in [-0.2, 0) is 4.79 Å². The number of hydrogen-bond acceptors (Lipinski definition) is 4. The number of nitrogens with zero attached hydrogens (tertiary/aromatic N) is 2. The van der Waals surface area contributed by atoms with Crippen LogP contribution in [0.1, 0.15) is 18.9 Å². The van der Waals surface area contributed by atoms with Crippen molar-refractivity contribution in [3.63, 3.8) is 0 Å². The first-order valence-corrected chi connectivity index (χ1v) is 9.20. The molecule has 0 saturated heterocycles. The lowest BCUT2D eigenvalue weighted by molar-refractivity contribution is -0.115. The van der Waals surface area contributed by atoms with Gasteiger partial charge in [-0.05, 0) is 35.9 Å². The van der Waals surface area contributed by atoms with E-state index in [9.17, 15) is 4.79 Å². The Morgan fingerprint density at radius 1 is 1.32 bits per heavy atom. The first-order chi connectivity index (χ1) is 12.1. The second-order valence-electron chi connectivity index (χ2n) is 5.33. The fraction of sp³-hybridized carbons (Fsp3) is 0.167. The van der Waals surface area contributed by atoms with Gasteiger partial charge >= 0.3 is 0 Å². The third kappa shape index (κ3) is 4.84. The van der Waals surface area contributed by atoms with Crippen LogP contribution in [-0.4, -0.2) is 22.5 Å². The average molecular weight is 373 g/mol. The second kappa shape index (κ2) is 8.18. The molecule has 3 rings (SSSR count). The van der Waals surface area contributed by atoms with Crippen LogP contribution in [0, 0.1) is 0 Å². The summed E-state index contributed by atoms with van der Waals surface area (Å²) in [6.07, 6.45) is 0.462. The van der Waals surface area contributed by atoms with Crippen LogP contribution in [0.3, 0.4) is 0 Å². The number of carbonyl (C=O) groups excluding carboxylic acids is 1. The second-order valence-corrected chi connectivity index (χ2v) is 6.74. The lowest BCUT2D eigenvalue weighted by atomic mass is 10.1. The van der Waals surface area contributed by atoms with E-state index < -0.39 is 0 Å². The third-order valence-corrected chi connectivity index (χ3v) is 4.60. The third-order valence-electron chi connectivity index (χ3n) is 3.49. The standard InChI is InChI=1S/C18H17ClN4OS/c1-2-17(24)20-14-8-6-12(7-9-14)16-11-25-18(23-22-16)21-15-5-3-4-13(19)10-15/h3-10H,2,11H2,1H3,(H,20,24)(H,21,23). The molecule has 7 heteroatoms. The molecule has 2 aromatic rings. The Bertz CT molecular complexity index is 833. The van der Waals surface area contributed by atoms with Crippen molar-refractivity contribution in [3.8, 4) is 0 Å². The first kappa shape index (κ1) is 17.5. The number of amidine groups is 1. The molecule has 0 fully saturated rings. The van der Waals surface area contributed by atoms with Crippen LogP contribution >= 0.6 is 23.4 Å². The maximum absolute atomic E-state index is 11.4. The highest BCUT2D eigenvalue weighted by Gasteiger charge is 2.13. The number of carbonyl (C=O) groups is 1. The van der Waals surface area contributed by atoms with Crippen molar-refractivity contribution < 1.29 is 4.79 Å². The molecular weight excluding hydrogens is 356 g/mol. The molecule has 0 spiro atoms. The zero-order valence-electron chi connectivity index (χ0n) is 13.6. The minimum Gasteiger partial charge on any atom is -0.326 e. The summed E-state index contributed by atoms with van der Waals surface area (Å²) in [4.78, 5) is 15.9. The van der Waals surface area contributed by atoms with Gasteiger partial charge in [-0.3, -0.25) is 10.2 Å². The van der Waals surface area contributed by atoms with Gasteiger partial charge in [0.25, 0.3) is 0 Å². The number of thioether (sulfide) groups is 1. The Hall–Kier alpha value is -2.31. The van der Waals surface area contributed by atoms with E-state index in [1.807, 2.05) is 49.4 Å². The van der Waals surface area contributed by atoms with Gasteiger partial charge in [0.2, 0.25) is 5.91 Å². The minimum absolute atomic E-state index is 0.00171. The van der Waals surface area contributed by atoms with E-state index in [0.717, 1.165) is 27.8 Å². The molecule has 0 aliphatic carbocycles. The molecule has 0 saturated carbocycles. The SMILES string of the molecule is CCC(=O)Nc1ccc(C2=NNC(=Nc3cccc(Cl)c3)SC2)cc1. The van der Waals surface area contributed by atoms with Crippen LogP contribution in [0.5, 0.6) is 0 Å². The molecule has 2 aromatic carbocycles. The lowest BCUT2D eigenvalue weighted by Crippen LogP contribution is -2.25. The number of anilines is 1. The molecule has 1 heterocycles. The predicted molar refractivity (Wildman–Crippen MR) is 106 cm³/mol. The average Bonchev–Trinajstić information content (AvgIpc) is 2.63. The van der Waals surface area contributed by atoms with E-state index in [4.69, 9.17) is 11.6 Å². The van der Waals surface area contributed by atoms with Crippen LogP contribution in [0.25, 0.3) is 0 Å². The number of halogens is 1. The van der Waals surface area contributed by atoms with Crippen molar-refractivity contribution in [1.82, 2.24) is 5.43 Å². The summed E-state index contributed by atoms with van der Waals surface area (Å²) in [5, 5.41) is 8.62. The fourth-order valence-electron chi connectivity index (χ4n) is 2.18. The molecule has 0 bridgehead atoms. The number of benzene rings is 2. The van der Waals surface area contributed by atoms with E-state index in [2.05, 4.69) is 20.8 Å². The highest BCUT2D eigenvalue weighted by molar-refractivity contribution is 8.14. The van der Waals surface area contributed by atoms with Crippen LogP contribution in [0.2, 0.25) is 5.02 Å². The Morgan fingerprint density at radius 3 is 2.76 bits per heavy atom. The summed E-state index contributed by atoms with van der Waals surface area (Å²) < 4.78 is 0. The van der Waals surface area contributed by atoms with Gasteiger partial charge in [0.15, 0.2) is 5.17 Å². The van der Waals surface area contributed by atoms with Crippen molar-refractivity contribution in [2.24, 2.45) is 10.1 Å². The summed E-state index contributed by atoms with van der Waals surface area (Å²) in [6, 6.07) is 15.0. The van der Waals surface area contributed by atoms with Crippen molar-refractivity contribution in [2.45, 2.75) is 13.3 Å². The molecule has 2 N–H and O–H groups in total. The summed E-state index contributed by atoms with van der Waals surface area (Å²) >= 11 is 7.55. The van der Waals surface area contributed by atoms with Gasteiger partial charge in [0.05, 0.1) is 11.4 Å². The highest BCUT2D eigenvalue weighted by Crippen LogP contribution is 2.21. The normalized spacial score (nSPS) is 15.4. The largest absolute Gasteiger partial charge is 0.326 e. The van der Waals surface area contributed by atoms with E-state index in [0.29, 0.717) is 17.2 Å². The summed E-state index contributed by atoms with van der Waals surface area (Å²) in [5.74, 6) is 0.717. The Labute approximate surface area is 155 Å². The van der Waals surface area contributed by atoms with Gasteiger partial charge in [0, 0.05) is 22.9 Å². The highest BCUT2D eigenvalue weighted by atomic mass is 35.5. The van der Waals surface area contributed by atoms with Gasteiger partial charge in [-0.2, -0.15) is 5.10 Å². The number of amides is 1. The molecule has 128 valence electrons. The van der Waals surface area contributed by atoms with Gasteiger partial charge in [0.1, 0.15) is 0 Å². The number of nitrogens with one attached hydrogen (secondary N) is 2. The summed E-state index contributed by atoms with van der Waals surface area (Å²) in [6.45, 7) is 1.83. The van der Waals surface area contributed by atoms with Crippen molar-refractivity contribution in [1.29, 1.82) is 0 Å². The molecule has 0 aromatic heterocycles. The minimum atomic E-state index is 0.00171. The molecule has 0 atom stereocenters. The molecule has 1 aliphatic rings. The summed E-state index contributed by atoms with van der Waals surface area (Å²) in [5.41, 5.74) is 6.50. The zero-order valence-corrected chi connectivity index (χ0v) is 15.2. The number of hydrazone groups is 1. The van der Waals surface area contributed by atoms with E-state index in [-0.39, 0.29) is 5.91 Å². The van der Waals surface area contributed by atoms with Gasteiger partial charge in [-0.1, -0.05) is 48.5 Å². The Kier molecular flexibility index (Phi) is 5.73. The molecule has 0 radical (unpaired) electrons. The zero-order chi connectivity index (χ0) is 17.6. The van der Waals surface area contributed by atoms with Gasteiger partial charge in [-0.25, -0.2) is 4.99 Å². The fourth-order valence-corrected chi connectivity index (χ4v) is 3.15.